The summed E-state index contributed by atoms with van der Waals surface area (Å²) in [5, 5.41) is 9.40. The van der Waals surface area contributed by atoms with Crippen molar-refractivity contribution in [2.24, 2.45) is 5.41 Å². The van der Waals surface area contributed by atoms with Crippen LogP contribution in [0, 0.1) is 5.41 Å². The van der Waals surface area contributed by atoms with Gasteiger partial charge >= 0.3 is 5.97 Å². The Labute approximate surface area is 116 Å². The van der Waals surface area contributed by atoms with Crippen LogP contribution in [0.2, 0.25) is 0 Å². The maximum absolute atomic E-state index is 11.4. The number of carboxylic acid groups (broad SMARTS) is 1. The standard InChI is InChI=1S/C15H17BrO2/c16-12-3-1-2-11(10-12)14-4-7-15(8-5-14,9-6-14)13(17)18/h1-3,10H,4-9H2,(H,17,18). The van der Waals surface area contributed by atoms with Crippen molar-refractivity contribution in [1.82, 2.24) is 0 Å². The largest absolute Gasteiger partial charge is 0.481 e. The zero-order chi connectivity index (χ0) is 12.8. The lowest BCUT2D eigenvalue weighted by Gasteiger charge is -2.51. The minimum absolute atomic E-state index is 0.237. The second kappa shape index (κ2) is 4.09. The fourth-order valence-corrected chi connectivity index (χ4v) is 4.16. The highest BCUT2D eigenvalue weighted by atomic mass is 79.9. The molecule has 0 atom stereocenters. The van der Waals surface area contributed by atoms with Crippen molar-refractivity contribution in [3.63, 3.8) is 0 Å². The molecule has 3 fully saturated rings. The molecule has 0 spiro atoms. The van der Waals surface area contributed by atoms with Crippen LogP contribution in [0.4, 0.5) is 0 Å². The van der Waals surface area contributed by atoms with Crippen LogP contribution >= 0.6 is 15.9 Å². The van der Waals surface area contributed by atoms with E-state index in [0.717, 1.165) is 43.0 Å². The van der Waals surface area contributed by atoms with E-state index in [1.807, 2.05) is 6.07 Å². The van der Waals surface area contributed by atoms with Gasteiger partial charge in [0.25, 0.3) is 0 Å². The van der Waals surface area contributed by atoms with Gasteiger partial charge in [-0.25, -0.2) is 0 Å². The van der Waals surface area contributed by atoms with Crippen LogP contribution in [0.5, 0.6) is 0 Å². The number of aliphatic carboxylic acids is 1. The fourth-order valence-electron chi connectivity index (χ4n) is 3.76. The number of carbonyl (C=O) groups is 1. The molecule has 1 aromatic rings. The highest BCUT2D eigenvalue weighted by Gasteiger charge is 2.53. The van der Waals surface area contributed by atoms with Crippen molar-refractivity contribution >= 4 is 21.9 Å². The van der Waals surface area contributed by atoms with E-state index < -0.39 is 11.4 Å². The summed E-state index contributed by atoms with van der Waals surface area (Å²) >= 11 is 3.53. The molecule has 3 aliphatic rings. The second-order valence-corrected chi connectivity index (χ2v) is 6.79. The first-order valence-electron chi connectivity index (χ1n) is 6.56. The first kappa shape index (κ1) is 12.2. The predicted octanol–water partition coefficient (Wildman–Crippen LogP) is 4.13. The molecule has 3 saturated carbocycles. The summed E-state index contributed by atoms with van der Waals surface area (Å²) in [5.74, 6) is -0.579. The van der Waals surface area contributed by atoms with Gasteiger partial charge in [0.05, 0.1) is 5.41 Å². The smallest absolute Gasteiger partial charge is 0.309 e. The molecule has 2 nitrogen and oxygen atoms in total. The molecule has 2 bridgehead atoms. The number of hydrogen-bond donors (Lipinski definition) is 1. The third kappa shape index (κ3) is 1.71. The molecule has 0 aromatic heterocycles. The Balaban J connectivity index is 1.91. The van der Waals surface area contributed by atoms with Gasteiger partial charge in [-0.3, -0.25) is 4.79 Å². The summed E-state index contributed by atoms with van der Waals surface area (Å²) in [5.41, 5.74) is 1.21. The maximum atomic E-state index is 11.4. The van der Waals surface area contributed by atoms with Gasteiger partial charge in [-0.2, -0.15) is 0 Å². The monoisotopic (exact) mass is 308 g/mol. The van der Waals surface area contributed by atoms with Crippen molar-refractivity contribution in [1.29, 1.82) is 0 Å². The van der Waals surface area contributed by atoms with Gasteiger partial charge in [-0.1, -0.05) is 28.1 Å². The minimum atomic E-state index is -0.579. The molecule has 0 radical (unpaired) electrons. The number of benzene rings is 1. The van der Waals surface area contributed by atoms with Gasteiger partial charge in [0.15, 0.2) is 0 Å². The molecule has 0 unspecified atom stereocenters. The summed E-state index contributed by atoms with van der Waals surface area (Å²) < 4.78 is 1.12. The Morgan fingerprint density at radius 1 is 1.11 bits per heavy atom. The summed E-state index contributed by atoms with van der Waals surface area (Å²) in [6, 6.07) is 8.54. The van der Waals surface area contributed by atoms with E-state index in [1.54, 1.807) is 0 Å². The molecule has 0 aliphatic heterocycles. The molecule has 1 N–H and O–H groups in total. The zero-order valence-corrected chi connectivity index (χ0v) is 11.9. The molecular formula is C15H17BrO2. The molecule has 4 rings (SSSR count). The third-order valence-electron chi connectivity index (χ3n) is 5.14. The number of fused-ring (bicyclic) bond motifs is 3. The van der Waals surface area contributed by atoms with E-state index in [0.29, 0.717) is 0 Å². The molecule has 0 amide bonds. The van der Waals surface area contributed by atoms with E-state index in [1.165, 1.54) is 5.56 Å². The molecule has 1 aromatic carbocycles. The minimum Gasteiger partial charge on any atom is -0.481 e. The van der Waals surface area contributed by atoms with Crippen molar-refractivity contribution in [3.8, 4) is 0 Å². The van der Waals surface area contributed by atoms with E-state index in [9.17, 15) is 9.90 Å². The van der Waals surface area contributed by atoms with Gasteiger partial charge in [-0.05, 0) is 61.6 Å². The Hall–Kier alpha value is -0.830. The van der Waals surface area contributed by atoms with Crippen LogP contribution in [0.3, 0.4) is 0 Å². The van der Waals surface area contributed by atoms with Crippen LogP contribution in [-0.2, 0) is 10.2 Å². The van der Waals surface area contributed by atoms with Gasteiger partial charge in [-0.15, -0.1) is 0 Å². The first-order valence-corrected chi connectivity index (χ1v) is 7.35. The van der Waals surface area contributed by atoms with E-state index in [-0.39, 0.29) is 5.41 Å². The van der Waals surface area contributed by atoms with Gasteiger partial charge in [0, 0.05) is 4.47 Å². The molecule has 3 aliphatic carbocycles. The first-order chi connectivity index (χ1) is 8.56. The summed E-state index contributed by atoms with van der Waals surface area (Å²) in [6.07, 6.45) is 5.60. The van der Waals surface area contributed by atoms with E-state index in [4.69, 9.17) is 0 Å². The van der Waals surface area contributed by atoms with Crippen LogP contribution in [0.15, 0.2) is 28.7 Å². The summed E-state index contributed by atoms with van der Waals surface area (Å²) in [4.78, 5) is 11.4. The van der Waals surface area contributed by atoms with E-state index in [2.05, 4.69) is 34.1 Å². The van der Waals surface area contributed by atoms with Crippen LogP contribution in [-0.4, -0.2) is 11.1 Å². The normalized spacial score (nSPS) is 34.5. The van der Waals surface area contributed by atoms with Gasteiger partial charge < -0.3 is 5.11 Å². The van der Waals surface area contributed by atoms with Crippen molar-refractivity contribution in [2.75, 3.05) is 0 Å². The number of rotatable bonds is 2. The van der Waals surface area contributed by atoms with Crippen LogP contribution in [0.1, 0.15) is 44.1 Å². The molecule has 96 valence electrons. The summed E-state index contributed by atoms with van der Waals surface area (Å²) in [6.45, 7) is 0. The Bertz CT molecular complexity index is 470. The van der Waals surface area contributed by atoms with Gasteiger partial charge in [0.1, 0.15) is 0 Å². The molecule has 18 heavy (non-hydrogen) atoms. The van der Waals surface area contributed by atoms with Crippen molar-refractivity contribution < 1.29 is 9.90 Å². The highest BCUT2D eigenvalue weighted by molar-refractivity contribution is 9.10. The molecular weight excluding hydrogens is 292 g/mol. The quantitative estimate of drug-likeness (QED) is 0.892. The fraction of sp³-hybridized carbons (Fsp3) is 0.533. The molecule has 0 saturated heterocycles. The Morgan fingerprint density at radius 2 is 1.72 bits per heavy atom. The second-order valence-electron chi connectivity index (χ2n) is 5.88. The number of halogens is 1. The maximum Gasteiger partial charge on any atom is 0.309 e. The lowest BCUT2D eigenvalue weighted by atomic mass is 9.52. The average Bonchev–Trinajstić information content (AvgIpc) is 2.41. The highest BCUT2D eigenvalue weighted by Crippen LogP contribution is 2.57. The number of carboxylic acids is 1. The Morgan fingerprint density at radius 3 is 2.22 bits per heavy atom. The lowest BCUT2D eigenvalue weighted by Crippen LogP contribution is -2.47. The Kier molecular flexibility index (Phi) is 2.77. The van der Waals surface area contributed by atoms with E-state index >= 15 is 0 Å². The van der Waals surface area contributed by atoms with Gasteiger partial charge in [0.2, 0.25) is 0 Å². The summed E-state index contributed by atoms with van der Waals surface area (Å²) in [7, 11) is 0. The predicted molar refractivity (Wildman–Crippen MR) is 73.6 cm³/mol. The average molecular weight is 309 g/mol. The zero-order valence-electron chi connectivity index (χ0n) is 10.3. The van der Waals surface area contributed by atoms with Crippen molar-refractivity contribution in [3.05, 3.63) is 34.3 Å². The third-order valence-corrected chi connectivity index (χ3v) is 5.63. The molecule has 0 heterocycles. The van der Waals surface area contributed by atoms with Crippen molar-refractivity contribution in [2.45, 2.75) is 43.9 Å². The van der Waals surface area contributed by atoms with Crippen LogP contribution < -0.4 is 0 Å². The SMILES string of the molecule is O=C(O)C12CCC(c3cccc(Br)c3)(CC1)CC2. The molecule has 3 heteroatoms. The lowest BCUT2D eigenvalue weighted by molar-refractivity contribution is -0.156. The number of hydrogen-bond acceptors (Lipinski definition) is 1. The topological polar surface area (TPSA) is 37.3 Å². The van der Waals surface area contributed by atoms with Crippen LogP contribution in [0.25, 0.3) is 0 Å².